The Balaban J connectivity index is 1.92. The lowest BCUT2D eigenvalue weighted by atomic mass is 9.99. The first-order valence-electron chi connectivity index (χ1n) is 10.9. The number of nitrogen functional groups attached to an aromatic ring is 1. The van der Waals surface area contributed by atoms with Crippen LogP contribution < -0.4 is 31.0 Å². The number of nitrogens with one attached hydrogen (secondary N) is 1. The maximum atomic E-state index is 13.6. The molecule has 0 fully saturated rings. The number of amides is 1. The second kappa shape index (κ2) is 11.7. The summed E-state index contributed by atoms with van der Waals surface area (Å²) in [6, 6.07) is 16.5. The zero-order valence-corrected chi connectivity index (χ0v) is 19.3. The Labute approximate surface area is 198 Å². The standard InChI is InChI=1S/C26H29N3O5/c1-32-18-10-8-17(9-11-18)26(31)29-24-21(6-5-7-22(24)28)25(30)20-13-12-19(33-2)16-23(20)34-15-4-3-14-27/h5-13,16H,3-4,14-15,27-28H2,1-2H3,(H,29,31). The average molecular weight is 464 g/mol. The van der Waals surface area contributed by atoms with E-state index in [9.17, 15) is 9.59 Å². The SMILES string of the molecule is COc1ccc(C(=O)Nc2c(N)cccc2C(=O)c2ccc(OC)cc2OCCCCN)cc1. The van der Waals surface area contributed by atoms with Crippen LogP contribution in [0.15, 0.2) is 60.7 Å². The molecule has 8 heteroatoms. The van der Waals surface area contributed by atoms with Crippen LogP contribution in [0.4, 0.5) is 11.4 Å². The third-order valence-electron chi connectivity index (χ3n) is 5.22. The molecule has 0 saturated carbocycles. The molecule has 5 N–H and O–H groups in total. The maximum Gasteiger partial charge on any atom is 0.255 e. The lowest BCUT2D eigenvalue weighted by molar-refractivity contribution is 0.102. The van der Waals surface area contributed by atoms with Gasteiger partial charge in [0.2, 0.25) is 0 Å². The molecule has 3 aromatic rings. The molecule has 0 aliphatic heterocycles. The fourth-order valence-corrected chi connectivity index (χ4v) is 3.34. The van der Waals surface area contributed by atoms with Gasteiger partial charge in [0.15, 0.2) is 5.78 Å². The Hall–Kier alpha value is -4.04. The van der Waals surface area contributed by atoms with Crippen LogP contribution in [0.3, 0.4) is 0 Å². The van der Waals surface area contributed by atoms with Gasteiger partial charge in [0, 0.05) is 17.2 Å². The molecule has 0 saturated heterocycles. The number of ether oxygens (including phenoxy) is 3. The molecule has 34 heavy (non-hydrogen) atoms. The Bertz CT molecular complexity index is 1150. The Kier molecular flexibility index (Phi) is 8.48. The summed E-state index contributed by atoms with van der Waals surface area (Å²) < 4.78 is 16.3. The smallest absolute Gasteiger partial charge is 0.255 e. The van der Waals surface area contributed by atoms with Crippen molar-refractivity contribution in [2.75, 3.05) is 38.4 Å². The molecule has 3 aromatic carbocycles. The highest BCUT2D eigenvalue weighted by atomic mass is 16.5. The van der Waals surface area contributed by atoms with E-state index in [1.807, 2.05) is 0 Å². The van der Waals surface area contributed by atoms with E-state index in [0.717, 1.165) is 12.8 Å². The number of anilines is 2. The molecular formula is C26H29N3O5. The Morgan fingerprint density at radius 3 is 2.26 bits per heavy atom. The molecule has 0 atom stereocenters. The molecule has 0 aromatic heterocycles. The molecule has 0 aliphatic carbocycles. The van der Waals surface area contributed by atoms with Gasteiger partial charge in [0.05, 0.1) is 37.8 Å². The number of hydrogen-bond acceptors (Lipinski definition) is 7. The van der Waals surface area contributed by atoms with E-state index in [-0.39, 0.29) is 22.7 Å². The fourth-order valence-electron chi connectivity index (χ4n) is 3.34. The molecule has 0 heterocycles. The summed E-state index contributed by atoms with van der Waals surface area (Å²) in [5.74, 6) is 0.837. The average Bonchev–Trinajstić information content (AvgIpc) is 2.87. The minimum Gasteiger partial charge on any atom is -0.497 e. The summed E-state index contributed by atoms with van der Waals surface area (Å²) in [7, 11) is 3.09. The van der Waals surface area contributed by atoms with Gasteiger partial charge < -0.3 is 31.0 Å². The third-order valence-corrected chi connectivity index (χ3v) is 5.22. The number of carbonyl (C=O) groups excluding carboxylic acids is 2. The third kappa shape index (κ3) is 5.85. The largest absolute Gasteiger partial charge is 0.497 e. The normalized spacial score (nSPS) is 10.4. The molecule has 8 nitrogen and oxygen atoms in total. The van der Waals surface area contributed by atoms with Crippen molar-refractivity contribution in [1.29, 1.82) is 0 Å². The van der Waals surface area contributed by atoms with Gasteiger partial charge in [-0.15, -0.1) is 0 Å². The monoisotopic (exact) mass is 463 g/mol. The number of ketones is 1. The number of methoxy groups -OCH3 is 2. The van der Waals surface area contributed by atoms with Crippen LogP contribution >= 0.6 is 0 Å². The first-order valence-corrected chi connectivity index (χ1v) is 10.9. The van der Waals surface area contributed by atoms with Crippen LogP contribution in [0.25, 0.3) is 0 Å². The van der Waals surface area contributed by atoms with Gasteiger partial charge in [-0.05, 0) is 67.9 Å². The van der Waals surface area contributed by atoms with Crippen molar-refractivity contribution in [3.05, 3.63) is 77.4 Å². The van der Waals surface area contributed by atoms with E-state index < -0.39 is 5.91 Å². The summed E-state index contributed by atoms with van der Waals surface area (Å²) in [6.07, 6.45) is 1.56. The van der Waals surface area contributed by atoms with Gasteiger partial charge in [0.1, 0.15) is 17.2 Å². The fraction of sp³-hybridized carbons (Fsp3) is 0.231. The molecule has 178 valence electrons. The molecule has 3 rings (SSSR count). The molecule has 0 bridgehead atoms. The highest BCUT2D eigenvalue weighted by molar-refractivity contribution is 6.18. The number of carbonyl (C=O) groups is 2. The molecule has 0 unspecified atom stereocenters. The number of unbranched alkanes of at least 4 members (excludes halogenated alkanes) is 1. The molecule has 0 spiro atoms. The lowest BCUT2D eigenvalue weighted by Crippen LogP contribution is -2.17. The van der Waals surface area contributed by atoms with Crippen LogP contribution in [-0.2, 0) is 0 Å². The summed E-state index contributed by atoms with van der Waals surface area (Å²) in [4.78, 5) is 26.4. The Morgan fingerprint density at radius 1 is 0.882 bits per heavy atom. The van der Waals surface area contributed by atoms with Crippen LogP contribution in [0.5, 0.6) is 17.2 Å². The number of para-hydroxylation sites is 1. The van der Waals surface area contributed by atoms with Crippen molar-refractivity contribution in [3.63, 3.8) is 0 Å². The molecule has 0 radical (unpaired) electrons. The summed E-state index contributed by atoms with van der Waals surface area (Å²) in [6.45, 7) is 0.969. The van der Waals surface area contributed by atoms with Gasteiger partial charge in [-0.25, -0.2) is 0 Å². The van der Waals surface area contributed by atoms with E-state index >= 15 is 0 Å². The van der Waals surface area contributed by atoms with Crippen molar-refractivity contribution >= 4 is 23.1 Å². The summed E-state index contributed by atoms with van der Waals surface area (Å²) in [5.41, 5.74) is 13.2. The van der Waals surface area contributed by atoms with E-state index in [0.29, 0.717) is 41.5 Å². The van der Waals surface area contributed by atoms with Gasteiger partial charge in [0.25, 0.3) is 5.91 Å². The number of hydrogen-bond donors (Lipinski definition) is 3. The van der Waals surface area contributed by atoms with Gasteiger partial charge in [-0.2, -0.15) is 0 Å². The van der Waals surface area contributed by atoms with Crippen LogP contribution in [-0.4, -0.2) is 39.1 Å². The maximum absolute atomic E-state index is 13.6. The molecule has 0 aliphatic rings. The first-order chi connectivity index (χ1) is 16.5. The van der Waals surface area contributed by atoms with Crippen molar-refractivity contribution < 1.29 is 23.8 Å². The minimum absolute atomic E-state index is 0.234. The van der Waals surface area contributed by atoms with E-state index in [1.54, 1.807) is 74.9 Å². The van der Waals surface area contributed by atoms with E-state index in [4.69, 9.17) is 25.7 Å². The summed E-state index contributed by atoms with van der Waals surface area (Å²) in [5, 5.41) is 2.78. The van der Waals surface area contributed by atoms with Crippen molar-refractivity contribution in [2.24, 2.45) is 5.73 Å². The van der Waals surface area contributed by atoms with Crippen molar-refractivity contribution in [2.45, 2.75) is 12.8 Å². The zero-order chi connectivity index (χ0) is 24.5. The topological polar surface area (TPSA) is 126 Å². The van der Waals surface area contributed by atoms with Gasteiger partial charge >= 0.3 is 0 Å². The molecule has 1 amide bonds. The predicted molar refractivity (Wildman–Crippen MR) is 132 cm³/mol. The van der Waals surface area contributed by atoms with Crippen molar-refractivity contribution in [1.82, 2.24) is 0 Å². The first kappa shape index (κ1) is 24.6. The number of nitrogens with two attached hydrogens (primary N) is 2. The lowest BCUT2D eigenvalue weighted by Gasteiger charge is -2.16. The minimum atomic E-state index is -0.400. The van der Waals surface area contributed by atoms with Crippen LogP contribution in [0.2, 0.25) is 0 Å². The Morgan fingerprint density at radius 2 is 1.59 bits per heavy atom. The highest BCUT2D eigenvalue weighted by Crippen LogP contribution is 2.32. The molecular weight excluding hydrogens is 434 g/mol. The van der Waals surface area contributed by atoms with Crippen LogP contribution in [0.1, 0.15) is 39.1 Å². The van der Waals surface area contributed by atoms with E-state index in [2.05, 4.69) is 5.32 Å². The predicted octanol–water partition coefficient (Wildman–Crippen LogP) is 3.89. The highest BCUT2D eigenvalue weighted by Gasteiger charge is 2.22. The van der Waals surface area contributed by atoms with E-state index in [1.165, 1.54) is 0 Å². The number of rotatable bonds is 11. The van der Waals surface area contributed by atoms with Crippen molar-refractivity contribution in [3.8, 4) is 17.2 Å². The summed E-state index contributed by atoms with van der Waals surface area (Å²) >= 11 is 0. The van der Waals surface area contributed by atoms with Crippen LogP contribution in [0, 0.1) is 0 Å². The van der Waals surface area contributed by atoms with Gasteiger partial charge in [-0.1, -0.05) is 6.07 Å². The second-order valence-corrected chi connectivity index (χ2v) is 7.49. The van der Waals surface area contributed by atoms with Gasteiger partial charge in [-0.3, -0.25) is 9.59 Å². The zero-order valence-electron chi connectivity index (χ0n) is 19.3. The second-order valence-electron chi connectivity index (χ2n) is 7.49. The number of benzene rings is 3. The quantitative estimate of drug-likeness (QED) is 0.224.